The van der Waals surface area contributed by atoms with Gasteiger partial charge in [0.05, 0.1) is 0 Å². The van der Waals surface area contributed by atoms with Gasteiger partial charge in [-0.15, -0.1) is 11.3 Å². The molecule has 2 rings (SSSR count). The Morgan fingerprint density at radius 3 is 2.71 bits per heavy atom. The largest absolute Gasteiger partial charge is 0.396 e. The number of hydrogen-bond acceptors (Lipinski definition) is 3. The minimum atomic E-state index is 0.346. The summed E-state index contributed by atoms with van der Waals surface area (Å²) in [5, 5.41) is 8.89. The molecule has 1 aromatic rings. The van der Waals surface area contributed by atoms with Gasteiger partial charge in [0.25, 0.3) is 0 Å². The van der Waals surface area contributed by atoms with Crippen molar-refractivity contribution in [2.75, 3.05) is 19.7 Å². The number of hydrogen-bond donors (Lipinski definition) is 1. The lowest BCUT2D eigenvalue weighted by molar-refractivity contribution is 0.0487. The molecule has 78 valence electrons. The Morgan fingerprint density at radius 2 is 2.21 bits per heavy atom. The average Bonchev–Trinajstić information content (AvgIpc) is 2.38. The fraction of sp³-hybridized carbons (Fsp3) is 0.636. The smallest absolute Gasteiger partial charge is 0.0483 e. The van der Waals surface area contributed by atoms with Crippen LogP contribution in [0.4, 0.5) is 0 Å². The van der Waals surface area contributed by atoms with E-state index in [9.17, 15) is 0 Å². The van der Waals surface area contributed by atoms with Gasteiger partial charge in [0.1, 0.15) is 0 Å². The van der Waals surface area contributed by atoms with E-state index in [2.05, 4.69) is 24.8 Å². The van der Waals surface area contributed by atoms with E-state index in [0.29, 0.717) is 12.5 Å². The van der Waals surface area contributed by atoms with E-state index in [1.165, 1.54) is 15.3 Å². The zero-order valence-electron chi connectivity index (χ0n) is 8.79. The van der Waals surface area contributed by atoms with Crippen molar-refractivity contribution in [1.82, 2.24) is 4.90 Å². The molecule has 2 heterocycles. The van der Waals surface area contributed by atoms with E-state index >= 15 is 0 Å². The molecule has 0 saturated carbocycles. The van der Waals surface area contributed by atoms with E-state index in [1.54, 1.807) is 0 Å². The van der Waals surface area contributed by atoms with Crippen LogP contribution in [-0.4, -0.2) is 29.7 Å². The minimum Gasteiger partial charge on any atom is -0.396 e. The summed E-state index contributed by atoms with van der Waals surface area (Å²) >= 11 is 1.90. The third kappa shape index (κ3) is 2.00. The highest BCUT2D eigenvalue weighted by Gasteiger charge is 2.25. The normalized spacial score (nSPS) is 18.5. The van der Waals surface area contributed by atoms with Crippen LogP contribution in [0.25, 0.3) is 0 Å². The van der Waals surface area contributed by atoms with Gasteiger partial charge in [-0.3, -0.25) is 4.90 Å². The van der Waals surface area contributed by atoms with Crippen molar-refractivity contribution in [3.8, 4) is 0 Å². The molecule has 0 radical (unpaired) electrons. The molecule has 3 heteroatoms. The first kappa shape index (κ1) is 10.1. The Kier molecular flexibility index (Phi) is 2.91. The fourth-order valence-electron chi connectivity index (χ4n) is 1.87. The van der Waals surface area contributed by atoms with Crippen molar-refractivity contribution in [2.24, 2.45) is 5.92 Å². The molecule has 1 aromatic heterocycles. The summed E-state index contributed by atoms with van der Waals surface area (Å²) in [5.74, 6) is 0.525. The molecule has 1 N–H and O–H groups in total. The Balaban J connectivity index is 1.87. The summed E-state index contributed by atoms with van der Waals surface area (Å²) < 4.78 is 0. The van der Waals surface area contributed by atoms with Crippen LogP contribution in [0, 0.1) is 19.8 Å². The highest BCUT2D eigenvalue weighted by molar-refractivity contribution is 7.12. The van der Waals surface area contributed by atoms with Gasteiger partial charge in [-0.05, 0) is 25.5 Å². The van der Waals surface area contributed by atoms with Crippen LogP contribution < -0.4 is 0 Å². The minimum absolute atomic E-state index is 0.346. The lowest BCUT2D eigenvalue weighted by atomic mass is 10.0. The SMILES string of the molecule is Cc1cc(CN2CC(CO)C2)sc1C. The summed E-state index contributed by atoms with van der Waals surface area (Å²) in [4.78, 5) is 5.28. The molecule has 0 amide bonds. The van der Waals surface area contributed by atoms with Gasteiger partial charge in [0, 0.05) is 41.9 Å². The number of likely N-dealkylation sites (tertiary alicyclic amines) is 1. The average molecular weight is 211 g/mol. The Labute approximate surface area is 89.2 Å². The van der Waals surface area contributed by atoms with Crippen molar-refractivity contribution in [3.05, 3.63) is 21.4 Å². The van der Waals surface area contributed by atoms with E-state index in [-0.39, 0.29) is 0 Å². The molecule has 1 saturated heterocycles. The molecule has 1 aliphatic heterocycles. The van der Waals surface area contributed by atoms with E-state index in [4.69, 9.17) is 5.11 Å². The summed E-state index contributed by atoms with van der Waals surface area (Å²) in [5.41, 5.74) is 1.41. The zero-order valence-corrected chi connectivity index (χ0v) is 9.60. The van der Waals surface area contributed by atoms with Crippen LogP contribution in [0.5, 0.6) is 0 Å². The Bertz CT molecular complexity index is 296. The number of thiophene rings is 1. The number of aliphatic hydroxyl groups excluding tert-OH is 1. The second kappa shape index (κ2) is 4.01. The van der Waals surface area contributed by atoms with Crippen molar-refractivity contribution in [2.45, 2.75) is 20.4 Å². The lowest BCUT2D eigenvalue weighted by Gasteiger charge is -2.37. The molecule has 0 bridgehead atoms. The Morgan fingerprint density at radius 1 is 1.50 bits per heavy atom. The van der Waals surface area contributed by atoms with Gasteiger partial charge in [0.15, 0.2) is 0 Å². The van der Waals surface area contributed by atoms with Crippen LogP contribution in [0.3, 0.4) is 0 Å². The quantitative estimate of drug-likeness (QED) is 0.824. The maximum Gasteiger partial charge on any atom is 0.0483 e. The van der Waals surface area contributed by atoms with Gasteiger partial charge in [0.2, 0.25) is 0 Å². The first-order valence-electron chi connectivity index (χ1n) is 5.08. The predicted molar refractivity (Wildman–Crippen MR) is 59.6 cm³/mol. The number of aryl methyl sites for hydroxylation is 2. The molecule has 1 fully saturated rings. The zero-order chi connectivity index (χ0) is 10.1. The lowest BCUT2D eigenvalue weighted by Crippen LogP contribution is -2.47. The van der Waals surface area contributed by atoms with Crippen molar-refractivity contribution in [3.63, 3.8) is 0 Å². The monoisotopic (exact) mass is 211 g/mol. The van der Waals surface area contributed by atoms with Gasteiger partial charge in [-0.25, -0.2) is 0 Å². The summed E-state index contributed by atoms with van der Waals surface area (Å²) in [6.45, 7) is 7.88. The second-order valence-corrected chi connectivity index (χ2v) is 5.54. The first-order valence-corrected chi connectivity index (χ1v) is 5.90. The Hall–Kier alpha value is -0.380. The molecular weight excluding hydrogens is 194 g/mol. The topological polar surface area (TPSA) is 23.5 Å². The van der Waals surface area contributed by atoms with Crippen molar-refractivity contribution >= 4 is 11.3 Å². The molecule has 1 aliphatic rings. The molecule has 0 spiro atoms. The predicted octanol–water partition coefficient (Wildman–Crippen LogP) is 1.79. The molecule has 0 unspecified atom stereocenters. The molecular formula is C11H17NOS. The highest BCUT2D eigenvalue weighted by Crippen LogP contribution is 2.25. The third-order valence-corrected chi connectivity index (χ3v) is 4.02. The summed E-state index contributed by atoms with van der Waals surface area (Å²) in [6.07, 6.45) is 0. The third-order valence-electron chi connectivity index (χ3n) is 2.89. The van der Waals surface area contributed by atoms with Crippen LogP contribution in [0.2, 0.25) is 0 Å². The highest BCUT2D eigenvalue weighted by atomic mass is 32.1. The second-order valence-electron chi connectivity index (χ2n) is 4.19. The van der Waals surface area contributed by atoms with Crippen LogP contribution >= 0.6 is 11.3 Å². The van der Waals surface area contributed by atoms with Crippen LogP contribution in [0.1, 0.15) is 15.3 Å². The summed E-state index contributed by atoms with van der Waals surface area (Å²) in [7, 11) is 0. The van der Waals surface area contributed by atoms with Gasteiger partial charge >= 0.3 is 0 Å². The first-order chi connectivity index (χ1) is 6.69. The molecule has 0 atom stereocenters. The van der Waals surface area contributed by atoms with Crippen molar-refractivity contribution < 1.29 is 5.11 Å². The molecule has 14 heavy (non-hydrogen) atoms. The molecule has 0 aromatic carbocycles. The fourth-order valence-corrected chi connectivity index (χ4v) is 2.97. The standard InChI is InChI=1S/C11H17NOS/c1-8-3-11(14-9(8)2)6-12-4-10(5-12)7-13/h3,10,13H,4-7H2,1-2H3. The van der Waals surface area contributed by atoms with E-state index in [1.807, 2.05) is 11.3 Å². The number of rotatable bonds is 3. The molecule has 0 aliphatic carbocycles. The van der Waals surface area contributed by atoms with E-state index in [0.717, 1.165) is 19.6 Å². The van der Waals surface area contributed by atoms with Crippen LogP contribution in [-0.2, 0) is 6.54 Å². The number of nitrogens with zero attached hydrogens (tertiary/aromatic N) is 1. The summed E-state index contributed by atoms with van der Waals surface area (Å²) in [6, 6.07) is 2.28. The van der Waals surface area contributed by atoms with Gasteiger partial charge < -0.3 is 5.11 Å². The van der Waals surface area contributed by atoms with E-state index < -0.39 is 0 Å². The van der Waals surface area contributed by atoms with Gasteiger partial charge in [-0.1, -0.05) is 0 Å². The maximum absolute atomic E-state index is 8.89. The number of aliphatic hydroxyl groups is 1. The maximum atomic E-state index is 8.89. The van der Waals surface area contributed by atoms with Crippen molar-refractivity contribution in [1.29, 1.82) is 0 Å². The van der Waals surface area contributed by atoms with Gasteiger partial charge in [-0.2, -0.15) is 0 Å². The van der Waals surface area contributed by atoms with Crippen LogP contribution in [0.15, 0.2) is 6.07 Å². The molecule has 2 nitrogen and oxygen atoms in total.